The number of rotatable bonds is 4. The average molecular weight is 271 g/mol. The molecular formula is C16H15ClN2. The lowest BCUT2D eigenvalue weighted by Crippen LogP contribution is -1.97. The highest BCUT2D eigenvalue weighted by molar-refractivity contribution is 6.30. The molecular weight excluding hydrogens is 256 g/mol. The van der Waals surface area contributed by atoms with Gasteiger partial charge in [-0.15, -0.1) is 0 Å². The van der Waals surface area contributed by atoms with Crippen LogP contribution < -0.4 is 5.32 Å². The Labute approximate surface area is 118 Å². The number of hydrogen-bond acceptors (Lipinski definition) is 2. The Hall–Kier alpha value is -1.98. The minimum absolute atomic E-state index is 0.554. The Balaban J connectivity index is 2.34. The second kappa shape index (κ2) is 6.26. The molecule has 0 unspecified atom stereocenters. The Morgan fingerprint density at radius 1 is 1.16 bits per heavy atom. The van der Waals surface area contributed by atoms with E-state index in [4.69, 9.17) is 16.9 Å². The smallest absolute Gasteiger partial charge is 0.101 e. The zero-order chi connectivity index (χ0) is 13.7. The van der Waals surface area contributed by atoms with E-state index < -0.39 is 0 Å². The van der Waals surface area contributed by atoms with E-state index in [0.717, 1.165) is 24.2 Å². The van der Waals surface area contributed by atoms with Crippen molar-refractivity contribution in [2.75, 3.05) is 5.32 Å². The monoisotopic (exact) mass is 270 g/mol. The van der Waals surface area contributed by atoms with Crippen LogP contribution in [0.3, 0.4) is 0 Å². The van der Waals surface area contributed by atoms with Crippen LogP contribution in [-0.2, 0) is 6.42 Å². The topological polar surface area (TPSA) is 35.8 Å². The van der Waals surface area contributed by atoms with Crippen molar-refractivity contribution in [3.8, 4) is 6.07 Å². The number of nitrogens with zero attached hydrogens (tertiary/aromatic N) is 1. The third-order valence-electron chi connectivity index (χ3n) is 2.91. The summed E-state index contributed by atoms with van der Waals surface area (Å²) in [6, 6.07) is 15.6. The molecule has 0 saturated carbocycles. The van der Waals surface area contributed by atoms with E-state index in [0.29, 0.717) is 10.6 Å². The molecule has 0 saturated heterocycles. The van der Waals surface area contributed by atoms with E-state index in [2.05, 4.69) is 24.4 Å². The van der Waals surface area contributed by atoms with Crippen LogP contribution in [0.15, 0.2) is 42.5 Å². The number of hydrogen-bond donors (Lipinski definition) is 1. The molecule has 0 heterocycles. The maximum absolute atomic E-state index is 9.14. The van der Waals surface area contributed by atoms with E-state index in [9.17, 15) is 0 Å². The molecule has 2 aromatic carbocycles. The average Bonchev–Trinajstić information content (AvgIpc) is 2.43. The van der Waals surface area contributed by atoms with Gasteiger partial charge < -0.3 is 5.32 Å². The molecule has 0 bridgehead atoms. The first-order chi connectivity index (χ1) is 9.24. The molecule has 0 fully saturated rings. The summed E-state index contributed by atoms with van der Waals surface area (Å²) in [5, 5.41) is 13.0. The van der Waals surface area contributed by atoms with Gasteiger partial charge >= 0.3 is 0 Å². The fourth-order valence-electron chi connectivity index (χ4n) is 1.99. The summed E-state index contributed by atoms with van der Waals surface area (Å²) in [6.07, 6.45) is 2.10. The lowest BCUT2D eigenvalue weighted by molar-refractivity contribution is 0.923. The van der Waals surface area contributed by atoms with Gasteiger partial charge in [-0.2, -0.15) is 5.26 Å². The van der Waals surface area contributed by atoms with Crippen LogP contribution in [0.5, 0.6) is 0 Å². The predicted octanol–water partition coefficient (Wildman–Crippen LogP) is 4.91. The van der Waals surface area contributed by atoms with Crippen LogP contribution in [0.25, 0.3) is 0 Å². The first kappa shape index (κ1) is 13.5. The van der Waals surface area contributed by atoms with Crippen molar-refractivity contribution in [1.29, 1.82) is 5.26 Å². The summed E-state index contributed by atoms with van der Waals surface area (Å²) in [4.78, 5) is 0. The van der Waals surface area contributed by atoms with Gasteiger partial charge in [-0.25, -0.2) is 0 Å². The van der Waals surface area contributed by atoms with Crippen molar-refractivity contribution in [1.82, 2.24) is 0 Å². The minimum Gasteiger partial charge on any atom is -0.354 e. The zero-order valence-corrected chi connectivity index (χ0v) is 11.5. The first-order valence-corrected chi connectivity index (χ1v) is 6.67. The predicted molar refractivity (Wildman–Crippen MR) is 79.9 cm³/mol. The minimum atomic E-state index is 0.554. The van der Waals surface area contributed by atoms with Crippen molar-refractivity contribution in [3.63, 3.8) is 0 Å². The molecule has 0 aliphatic carbocycles. The van der Waals surface area contributed by atoms with E-state index >= 15 is 0 Å². The molecule has 2 aromatic rings. The third kappa shape index (κ3) is 3.27. The molecule has 0 radical (unpaired) electrons. The van der Waals surface area contributed by atoms with Crippen molar-refractivity contribution in [3.05, 3.63) is 58.6 Å². The molecule has 0 atom stereocenters. The summed E-state index contributed by atoms with van der Waals surface area (Å²) < 4.78 is 0. The van der Waals surface area contributed by atoms with E-state index in [1.165, 1.54) is 5.56 Å². The van der Waals surface area contributed by atoms with Crippen LogP contribution in [0.2, 0.25) is 5.02 Å². The SMILES string of the molecule is CCCc1ccccc1Nc1ccc(Cl)cc1C#N. The fourth-order valence-corrected chi connectivity index (χ4v) is 2.16. The Morgan fingerprint density at radius 2 is 1.95 bits per heavy atom. The molecule has 2 rings (SSSR count). The highest BCUT2D eigenvalue weighted by atomic mass is 35.5. The molecule has 0 amide bonds. The Kier molecular flexibility index (Phi) is 4.43. The molecule has 0 spiro atoms. The van der Waals surface area contributed by atoms with Gasteiger partial charge in [0.15, 0.2) is 0 Å². The lowest BCUT2D eigenvalue weighted by Gasteiger charge is -2.12. The largest absolute Gasteiger partial charge is 0.354 e. The van der Waals surface area contributed by atoms with Gasteiger partial charge in [0.1, 0.15) is 6.07 Å². The molecule has 96 valence electrons. The van der Waals surface area contributed by atoms with Gasteiger partial charge in [-0.3, -0.25) is 0 Å². The van der Waals surface area contributed by atoms with Gasteiger partial charge in [0, 0.05) is 10.7 Å². The second-order valence-electron chi connectivity index (χ2n) is 4.33. The van der Waals surface area contributed by atoms with Crippen LogP contribution >= 0.6 is 11.6 Å². The number of nitrogens with one attached hydrogen (secondary N) is 1. The lowest BCUT2D eigenvalue weighted by atomic mass is 10.1. The molecule has 19 heavy (non-hydrogen) atoms. The number of nitriles is 1. The van der Waals surface area contributed by atoms with Crippen LogP contribution in [0.4, 0.5) is 11.4 Å². The maximum Gasteiger partial charge on any atom is 0.101 e. The van der Waals surface area contributed by atoms with Gasteiger partial charge in [0.25, 0.3) is 0 Å². The number of aryl methyl sites for hydroxylation is 1. The zero-order valence-electron chi connectivity index (χ0n) is 10.8. The van der Waals surface area contributed by atoms with Gasteiger partial charge in [-0.05, 0) is 36.2 Å². The quantitative estimate of drug-likeness (QED) is 0.857. The van der Waals surface area contributed by atoms with Gasteiger partial charge in [0.05, 0.1) is 11.3 Å². The summed E-state index contributed by atoms with van der Waals surface area (Å²) in [5.74, 6) is 0. The third-order valence-corrected chi connectivity index (χ3v) is 3.14. The molecule has 0 aromatic heterocycles. The van der Waals surface area contributed by atoms with Crippen LogP contribution in [0.1, 0.15) is 24.5 Å². The van der Waals surface area contributed by atoms with E-state index in [1.807, 2.05) is 24.3 Å². The molecule has 1 N–H and O–H groups in total. The summed E-state index contributed by atoms with van der Waals surface area (Å²) in [7, 11) is 0. The molecule has 3 heteroatoms. The number of halogens is 1. The van der Waals surface area contributed by atoms with Crippen molar-refractivity contribution in [2.45, 2.75) is 19.8 Å². The highest BCUT2D eigenvalue weighted by Gasteiger charge is 2.06. The van der Waals surface area contributed by atoms with Gasteiger partial charge in [-0.1, -0.05) is 43.1 Å². The second-order valence-corrected chi connectivity index (χ2v) is 4.77. The maximum atomic E-state index is 9.14. The Morgan fingerprint density at radius 3 is 2.68 bits per heavy atom. The van der Waals surface area contributed by atoms with Crippen LogP contribution in [0, 0.1) is 11.3 Å². The van der Waals surface area contributed by atoms with E-state index in [1.54, 1.807) is 12.1 Å². The number of para-hydroxylation sites is 1. The highest BCUT2D eigenvalue weighted by Crippen LogP contribution is 2.26. The first-order valence-electron chi connectivity index (χ1n) is 6.29. The van der Waals surface area contributed by atoms with Gasteiger partial charge in [0.2, 0.25) is 0 Å². The molecule has 0 aliphatic rings. The van der Waals surface area contributed by atoms with Crippen molar-refractivity contribution < 1.29 is 0 Å². The molecule has 0 aliphatic heterocycles. The summed E-state index contributed by atoms with van der Waals surface area (Å²) in [5.41, 5.74) is 3.64. The van der Waals surface area contributed by atoms with Crippen molar-refractivity contribution >= 4 is 23.0 Å². The van der Waals surface area contributed by atoms with Crippen molar-refractivity contribution in [2.24, 2.45) is 0 Å². The number of benzene rings is 2. The normalized spacial score (nSPS) is 9.95. The fraction of sp³-hybridized carbons (Fsp3) is 0.188. The Bertz CT molecular complexity index is 614. The molecule has 2 nitrogen and oxygen atoms in total. The standard InChI is InChI=1S/C16H15ClN2/c1-2-5-12-6-3-4-7-15(12)19-16-9-8-14(17)10-13(16)11-18/h3-4,6-10,19H,2,5H2,1H3. The summed E-state index contributed by atoms with van der Waals surface area (Å²) >= 11 is 5.90. The number of anilines is 2. The van der Waals surface area contributed by atoms with Crippen LogP contribution in [-0.4, -0.2) is 0 Å². The summed E-state index contributed by atoms with van der Waals surface area (Å²) in [6.45, 7) is 2.15. The van der Waals surface area contributed by atoms with E-state index in [-0.39, 0.29) is 0 Å².